The molecule has 194 valence electrons. The first-order chi connectivity index (χ1) is 17.6. The van der Waals surface area contributed by atoms with E-state index in [1.54, 1.807) is 24.4 Å². The van der Waals surface area contributed by atoms with Crippen LogP contribution in [0.25, 0.3) is 11.4 Å². The Labute approximate surface area is 218 Å². The molecular formula is C27H32N6O3S. The van der Waals surface area contributed by atoms with Crippen LogP contribution in [-0.2, 0) is 22.4 Å². The highest BCUT2D eigenvalue weighted by Gasteiger charge is 2.28. The molecule has 2 aromatic heterocycles. The van der Waals surface area contributed by atoms with Gasteiger partial charge in [0.25, 0.3) is 0 Å². The second-order valence-corrected chi connectivity index (χ2v) is 11.5. The number of sulfonamides is 1. The molecule has 0 radical (unpaired) electrons. The van der Waals surface area contributed by atoms with Gasteiger partial charge in [-0.15, -0.1) is 10.2 Å². The molecule has 0 saturated carbocycles. The lowest BCUT2D eigenvalue weighted by atomic mass is 10.1. The van der Waals surface area contributed by atoms with Crippen LogP contribution >= 0.6 is 0 Å². The number of benzene rings is 2. The number of hydrogen-bond acceptors (Lipinski definition) is 7. The summed E-state index contributed by atoms with van der Waals surface area (Å²) in [6, 6.07) is 15.0. The van der Waals surface area contributed by atoms with E-state index in [1.807, 2.05) is 65.0 Å². The Kier molecular flexibility index (Phi) is 7.87. The maximum atomic E-state index is 13.7. The molecule has 0 saturated heterocycles. The maximum absolute atomic E-state index is 13.7. The predicted molar refractivity (Wildman–Crippen MR) is 144 cm³/mol. The van der Waals surface area contributed by atoms with Crippen LogP contribution in [0.4, 0.5) is 5.69 Å². The highest BCUT2D eigenvalue weighted by Crippen LogP contribution is 2.35. The van der Waals surface area contributed by atoms with Gasteiger partial charge in [-0.1, -0.05) is 32.0 Å². The van der Waals surface area contributed by atoms with Crippen LogP contribution in [0.15, 0.2) is 54.7 Å². The number of aryl methyl sites for hydroxylation is 3. The number of tetrazole rings is 1. The van der Waals surface area contributed by atoms with Crippen molar-refractivity contribution in [1.82, 2.24) is 25.6 Å². The minimum absolute atomic E-state index is 0.105. The van der Waals surface area contributed by atoms with Crippen molar-refractivity contribution in [2.24, 2.45) is 5.92 Å². The lowest BCUT2D eigenvalue weighted by Gasteiger charge is -2.29. The van der Waals surface area contributed by atoms with E-state index in [0.717, 1.165) is 27.8 Å². The van der Waals surface area contributed by atoms with Crippen molar-refractivity contribution in [2.75, 3.05) is 10.8 Å². The van der Waals surface area contributed by atoms with Gasteiger partial charge in [0, 0.05) is 18.3 Å². The molecule has 0 spiro atoms. The van der Waals surface area contributed by atoms with Crippen LogP contribution in [0.1, 0.15) is 41.8 Å². The number of pyridine rings is 1. The fraction of sp³-hybridized carbons (Fsp3) is 0.333. The standard InChI is InChI=1S/C27H32N6O3S/c1-18(2)15-33(37(34,35)17-24-8-6-7-11-28-24)25-13-19(3)20(4)14-26(25)36-16-23-10-9-22(12-21(23)5)27-29-31-32-30-27/h6-14,18H,15-17H2,1-5H3,(H,29,30,31,32). The molecule has 4 rings (SSSR count). The Morgan fingerprint density at radius 3 is 2.43 bits per heavy atom. The second kappa shape index (κ2) is 11.1. The van der Waals surface area contributed by atoms with Gasteiger partial charge in [-0.05, 0) is 84.5 Å². The van der Waals surface area contributed by atoms with Crippen molar-refractivity contribution in [3.8, 4) is 17.1 Å². The second-order valence-electron chi connectivity index (χ2n) is 9.57. The summed E-state index contributed by atoms with van der Waals surface area (Å²) >= 11 is 0. The average molecular weight is 521 g/mol. The molecule has 4 aromatic rings. The largest absolute Gasteiger partial charge is 0.487 e. The molecule has 10 heteroatoms. The molecule has 0 aliphatic heterocycles. The molecule has 0 bridgehead atoms. The first-order valence-corrected chi connectivity index (χ1v) is 13.7. The maximum Gasteiger partial charge on any atom is 0.241 e. The quantitative estimate of drug-likeness (QED) is 0.321. The SMILES string of the molecule is Cc1cc(OCc2ccc(-c3nn[nH]n3)cc2C)c(N(CC(C)C)S(=O)(=O)Cc2ccccn2)cc1C. The third-order valence-corrected chi connectivity index (χ3v) is 7.77. The van der Waals surface area contributed by atoms with Crippen molar-refractivity contribution in [2.45, 2.75) is 47.0 Å². The monoisotopic (exact) mass is 520 g/mol. The van der Waals surface area contributed by atoms with Crippen LogP contribution in [-0.4, -0.2) is 40.6 Å². The average Bonchev–Trinajstić information content (AvgIpc) is 3.39. The number of nitrogens with zero attached hydrogens (tertiary/aromatic N) is 5. The van der Waals surface area contributed by atoms with Crippen molar-refractivity contribution in [3.63, 3.8) is 0 Å². The van der Waals surface area contributed by atoms with Crippen molar-refractivity contribution >= 4 is 15.7 Å². The van der Waals surface area contributed by atoms with E-state index in [-0.39, 0.29) is 18.3 Å². The first kappa shape index (κ1) is 26.3. The minimum atomic E-state index is -3.73. The van der Waals surface area contributed by atoms with Gasteiger partial charge in [0.1, 0.15) is 18.1 Å². The molecule has 0 unspecified atom stereocenters. The lowest BCUT2D eigenvalue weighted by Crippen LogP contribution is -2.35. The van der Waals surface area contributed by atoms with Crippen LogP contribution in [0.3, 0.4) is 0 Å². The van der Waals surface area contributed by atoms with Gasteiger partial charge < -0.3 is 4.74 Å². The predicted octanol–water partition coefficient (Wildman–Crippen LogP) is 4.76. The Balaban J connectivity index is 1.66. The fourth-order valence-corrected chi connectivity index (χ4v) is 5.63. The number of nitrogens with one attached hydrogen (secondary N) is 1. The zero-order chi connectivity index (χ0) is 26.6. The Morgan fingerprint density at radius 2 is 1.78 bits per heavy atom. The Hall–Kier alpha value is -3.79. The van der Waals surface area contributed by atoms with Gasteiger partial charge in [0.15, 0.2) is 0 Å². The molecule has 0 aliphatic rings. The van der Waals surface area contributed by atoms with Crippen molar-refractivity contribution in [1.29, 1.82) is 0 Å². The van der Waals surface area contributed by atoms with Gasteiger partial charge in [-0.2, -0.15) is 5.21 Å². The summed E-state index contributed by atoms with van der Waals surface area (Å²) in [7, 11) is -3.73. The van der Waals surface area contributed by atoms with Crippen LogP contribution < -0.4 is 9.04 Å². The minimum Gasteiger partial charge on any atom is -0.487 e. The number of aromatic amines is 1. The Morgan fingerprint density at radius 1 is 1.00 bits per heavy atom. The molecule has 0 atom stereocenters. The number of H-pyrrole nitrogens is 1. The summed E-state index contributed by atoms with van der Waals surface area (Å²) in [6.45, 7) is 10.6. The highest BCUT2D eigenvalue weighted by molar-refractivity contribution is 7.92. The molecule has 2 aromatic carbocycles. The molecule has 9 nitrogen and oxygen atoms in total. The number of anilines is 1. The summed E-state index contributed by atoms with van der Waals surface area (Å²) < 4.78 is 35.1. The zero-order valence-corrected chi connectivity index (χ0v) is 22.6. The smallest absolute Gasteiger partial charge is 0.241 e. The number of rotatable bonds is 10. The normalized spacial score (nSPS) is 11.6. The fourth-order valence-electron chi connectivity index (χ4n) is 3.96. The van der Waals surface area contributed by atoms with E-state index < -0.39 is 10.0 Å². The van der Waals surface area contributed by atoms with Gasteiger partial charge in [-0.3, -0.25) is 9.29 Å². The van der Waals surface area contributed by atoms with Gasteiger partial charge >= 0.3 is 0 Å². The van der Waals surface area contributed by atoms with Crippen molar-refractivity contribution < 1.29 is 13.2 Å². The summed E-state index contributed by atoms with van der Waals surface area (Å²) in [5.41, 5.74) is 5.89. The topological polar surface area (TPSA) is 114 Å². The third kappa shape index (κ3) is 6.32. The lowest BCUT2D eigenvalue weighted by molar-refractivity contribution is 0.306. The molecular weight excluding hydrogens is 488 g/mol. The first-order valence-electron chi connectivity index (χ1n) is 12.1. The third-order valence-electron chi connectivity index (χ3n) is 6.10. The molecule has 0 aliphatic carbocycles. The van der Waals surface area contributed by atoms with E-state index in [9.17, 15) is 8.42 Å². The zero-order valence-electron chi connectivity index (χ0n) is 21.8. The van der Waals surface area contributed by atoms with E-state index in [0.29, 0.717) is 29.5 Å². The van der Waals surface area contributed by atoms with E-state index in [4.69, 9.17) is 4.74 Å². The molecule has 0 fully saturated rings. The van der Waals surface area contributed by atoms with E-state index in [1.165, 1.54) is 4.31 Å². The van der Waals surface area contributed by atoms with E-state index in [2.05, 4.69) is 25.6 Å². The van der Waals surface area contributed by atoms with Gasteiger partial charge in [-0.25, -0.2) is 8.42 Å². The molecule has 0 amide bonds. The van der Waals surface area contributed by atoms with E-state index >= 15 is 0 Å². The number of aromatic nitrogens is 5. The molecule has 2 heterocycles. The van der Waals surface area contributed by atoms with Crippen molar-refractivity contribution in [3.05, 3.63) is 82.7 Å². The molecule has 1 N–H and O–H groups in total. The summed E-state index contributed by atoms with van der Waals surface area (Å²) in [4.78, 5) is 4.23. The van der Waals surface area contributed by atoms with Crippen LogP contribution in [0.5, 0.6) is 5.75 Å². The summed E-state index contributed by atoms with van der Waals surface area (Å²) in [6.07, 6.45) is 1.61. The summed E-state index contributed by atoms with van der Waals surface area (Å²) in [5.74, 6) is 0.959. The van der Waals surface area contributed by atoms with Crippen LogP contribution in [0, 0.1) is 26.7 Å². The number of ether oxygens (including phenoxy) is 1. The molecule has 37 heavy (non-hydrogen) atoms. The van der Waals surface area contributed by atoms with Gasteiger partial charge in [0.2, 0.25) is 15.8 Å². The number of hydrogen-bond donors (Lipinski definition) is 1. The summed E-state index contributed by atoms with van der Waals surface area (Å²) in [5, 5.41) is 14.1. The highest BCUT2D eigenvalue weighted by atomic mass is 32.2. The Bertz CT molecular complexity index is 1460. The van der Waals surface area contributed by atoms with Gasteiger partial charge in [0.05, 0.1) is 11.4 Å². The van der Waals surface area contributed by atoms with Crippen LogP contribution in [0.2, 0.25) is 0 Å².